The highest BCUT2D eigenvalue weighted by molar-refractivity contribution is 5.46. The van der Waals surface area contributed by atoms with E-state index in [9.17, 15) is 0 Å². The first kappa shape index (κ1) is 11.2. The summed E-state index contributed by atoms with van der Waals surface area (Å²) < 4.78 is 5.70. The molecule has 1 aromatic heterocycles. The molecule has 0 spiro atoms. The van der Waals surface area contributed by atoms with Gasteiger partial charge in [0.25, 0.3) is 0 Å². The van der Waals surface area contributed by atoms with Crippen molar-refractivity contribution in [3.8, 4) is 5.88 Å². The van der Waals surface area contributed by atoms with E-state index in [1.54, 1.807) is 0 Å². The van der Waals surface area contributed by atoms with Crippen LogP contribution in [0.25, 0.3) is 0 Å². The molecule has 1 saturated carbocycles. The van der Waals surface area contributed by atoms with Crippen LogP contribution in [0.4, 0.5) is 5.82 Å². The Labute approximate surface area is 96.2 Å². The van der Waals surface area contributed by atoms with Crippen molar-refractivity contribution in [2.45, 2.75) is 39.0 Å². The normalized spacial score (nSPS) is 15.4. The molecule has 0 atom stereocenters. The van der Waals surface area contributed by atoms with Crippen LogP contribution in [0, 0.1) is 5.92 Å². The van der Waals surface area contributed by atoms with Crippen molar-refractivity contribution in [1.29, 1.82) is 0 Å². The van der Waals surface area contributed by atoms with E-state index in [2.05, 4.69) is 23.8 Å². The second kappa shape index (κ2) is 4.68. The molecule has 0 aromatic carbocycles. The van der Waals surface area contributed by atoms with E-state index in [-0.39, 0.29) is 5.92 Å². The zero-order valence-electron chi connectivity index (χ0n) is 9.94. The van der Waals surface area contributed by atoms with Crippen molar-refractivity contribution in [2.75, 3.05) is 12.3 Å². The molecule has 0 aliphatic heterocycles. The molecule has 0 unspecified atom stereocenters. The highest BCUT2D eigenvalue weighted by Crippen LogP contribution is 2.33. The summed E-state index contributed by atoms with van der Waals surface area (Å²) in [4.78, 5) is 8.17. The van der Waals surface area contributed by atoms with E-state index in [1.165, 1.54) is 19.2 Å². The second-order valence-corrected chi connectivity index (χ2v) is 4.71. The first-order valence-electron chi connectivity index (χ1n) is 5.91. The van der Waals surface area contributed by atoms with E-state index in [4.69, 9.17) is 10.5 Å². The van der Waals surface area contributed by atoms with Crippen molar-refractivity contribution in [3.05, 3.63) is 11.9 Å². The van der Waals surface area contributed by atoms with E-state index >= 15 is 0 Å². The van der Waals surface area contributed by atoms with Crippen LogP contribution in [-0.2, 0) is 0 Å². The van der Waals surface area contributed by atoms with Crippen LogP contribution in [0.3, 0.4) is 0 Å². The second-order valence-electron chi connectivity index (χ2n) is 4.71. The molecular weight excluding hydrogens is 202 g/mol. The molecule has 4 nitrogen and oxygen atoms in total. The minimum atomic E-state index is 0.289. The molecule has 16 heavy (non-hydrogen) atoms. The molecule has 2 N–H and O–H groups in total. The fourth-order valence-electron chi connectivity index (χ4n) is 1.78. The van der Waals surface area contributed by atoms with Gasteiger partial charge < -0.3 is 10.5 Å². The number of nitrogens with two attached hydrogens (primary N) is 1. The number of ether oxygens (including phenoxy) is 1. The van der Waals surface area contributed by atoms with Gasteiger partial charge >= 0.3 is 0 Å². The Morgan fingerprint density at radius 3 is 2.81 bits per heavy atom. The number of hydrogen-bond donors (Lipinski definition) is 1. The monoisotopic (exact) mass is 221 g/mol. The molecule has 1 heterocycles. The molecule has 2 rings (SSSR count). The average Bonchev–Trinajstić information content (AvgIpc) is 3.01. The lowest BCUT2D eigenvalue weighted by atomic mass is 10.1. The maximum atomic E-state index is 5.84. The van der Waals surface area contributed by atoms with Gasteiger partial charge in [-0.3, -0.25) is 0 Å². The van der Waals surface area contributed by atoms with Crippen molar-refractivity contribution in [1.82, 2.24) is 9.97 Å². The SMILES string of the molecule is CC(C)c1c(N)ncnc1OCCC1CC1. The Morgan fingerprint density at radius 1 is 1.44 bits per heavy atom. The van der Waals surface area contributed by atoms with Gasteiger partial charge in [-0.15, -0.1) is 0 Å². The summed E-state index contributed by atoms with van der Waals surface area (Å²) in [5, 5.41) is 0. The lowest BCUT2D eigenvalue weighted by Gasteiger charge is -2.13. The summed E-state index contributed by atoms with van der Waals surface area (Å²) in [6.45, 7) is 4.88. The molecule has 0 bridgehead atoms. The van der Waals surface area contributed by atoms with Gasteiger partial charge in [0.05, 0.1) is 12.2 Å². The molecule has 88 valence electrons. The standard InChI is InChI=1S/C12H19N3O/c1-8(2)10-11(13)14-7-15-12(10)16-6-5-9-3-4-9/h7-9H,3-6H2,1-2H3,(H2,13,14,15). The quantitative estimate of drug-likeness (QED) is 0.829. The van der Waals surface area contributed by atoms with Gasteiger partial charge in [-0.25, -0.2) is 9.97 Å². The predicted molar refractivity (Wildman–Crippen MR) is 63.4 cm³/mol. The van der Waals surface area contributed by atoms with E-state index in [0.717, 1.165) is 24.5 Å². The molecular formula is C12H19N3O. The van der Waals surface area contributed by atoms with Crippen molar-refractivity contribution >= 4 is 5.82 Å². The van der Waals surface area contributed by atoms with Gasteiger partial charge in [-0.05, 0) is 18.3 Å². The number of rotatable bonds is 5. The summed E-state index contributed by atoms with van der Waals surface area (Å²) >= 11 is 0. The molecule has 0 amide bonds. The summed E-state index contributed by atoms with van der Waals surface area (Å²) in [6, 6.07) is 0. The smallest absolute Gasteiger partial charge is 0.222 e. The van der Waals surface area contributed by atoms with E-state index in [1.807, 2.05) is 0 Å². The fraction of sp³-hybridized carbons (Fsp3) is 0.667. The number of nitrogens with zero attached hydrogens (tertiary/aromatic N) is 2. The third-order valence-electron chi connectivity index (χ3n) is 2.92. The van der Waals surface area contributed by atoms with Crippen LogP contribution in [-0.4, -0.2) is 16.6 Å². The Bertz CT molecular complexity index is 361. The first-order valence-corrected chi connectivity index (χ1v) is 5.91. The molecule has 1 aliphatic carbocycles. The third-order valence-corrected chi connectivity index (χ3v) is 2.92. The van der Waals surface area contributed by atoms with Crippen molar-refractivity contribution in [3.63, 3.8) is 0 Å². The highest BCUT2D eigenvalue weighted by atomic mass is 16.5. The van der Waals surface area contributed by atoms with Crippen LogP contribution in [0.15, 0.2) is 6.33 Å². The molecule has 0 saturated heterocycles. The van der Waals surface area contributed by atoms with Crippen LogP contribution < -0.4 is 10.5 Å². The summed E-state index contributed by atoms with van der Waals surface area (Å²) in [7, 11) is 0. The number of aromatic nitrogens is 2. The van der Waals surface area contributed by atoms with Gasteiger partial charge in [-0.1, -0.05) is 26.7 Å². The van der Waals surface area contributed by atoms with Crippen molar-refractivity contribution in [2.24, 2.45) is 5.92 Å². The third kappa shape index (κ3) is 2.62. The lowest BCUT2D eigenvalue weighted by molar-refractivity contribution is 0.287. The molecule has 4 heteroatoms. The Kier molecular flexibility index (Phi) is 3.27. The zero-order valence-corrected chi connectivity index (χ0v) is 9.94. The van der Waals surface area contributed by atoms with E-state index < -0.39 is 0 Å². The van der Waals surface area contributed by atoms with Crippen LogP contribution in [0.5, 0.6) is 5.88 Å². The summed E-state index contributed by atoms with van der Waals surface area (Å²) in [5.74, 6) is 2.35. The molecule has 1 fully saturated rings. The van der Waals surface area contributed by atoms with Crippen LogP contribution in [0.2, 0.25) is 0 Å². The van der Waals surface area contributed by atoms with Gasteiger partial charge in [0.2, 0.25) is 5.88 Å². The first-order chi connectivity index (χ1) is 7.68. The van der Waals surface area contributed by atoms with Gasteiger partial charge in [0.1, 0.15) is 12.1 Å². The maximum Gasteiger partial charge on any atom is 0.222 e. The minimum absolute atomic E-state index is 0.289. The highest BCUT2D eigenvalue weighted by Gasteiger charge is 2.21. The number of hydrogen-bond acceptors (Lipinski definition) is 4. The van der Waals surface area contributed by atoms with Crippen LogP contribution >= 0.6 is 0 Å². The van der Waals surface area contributed by atoms with Gasteiger partial charge in [0, 0.05) is 0 Å². The Balaban J connectivity index is 2.02. The van der Waals surface area contributed by atoms with Crippen LogP contribution in [0.1, 0.15) is 44.6 Å². The number of nitrogen functional groups attached to an aromatic ring is 1. The minimum Gasteiger partial charge on any atom is -0.477 e. The molecule has 0 radical (unpaired) electrons. The lowest BCUT2D eigenvalue weighted by Crippen LogP contribution is -2.08. The summed E-state index contributed by atoms with van der Waals surface area (Å²) in [6.07, 6.45) is 5.30. The maximum absolute atomic E-state index is 5.84. The van der Waals surface area contributed by atoms with Gasteiger partial charge in [-0.2, -0.15) is 0 Å². The number of anilines is 1. The van der Waals surface area contributed by atoms with Crippen molar-refractivity contribution < 1.29 is 4.74 Å². The zero-order chi connectivity index (χ0) is 11.5. The fourth-order valence-corrected chi connectivity index (χ4v) is 1.78. The Hall–Kier alpha value is -1.32. The molecule has 1 aromatic rings. The Morgan fingerprint density at radius 2 is 2.19 bits per heavy atom. The largest absolute Gasteiger partial charge is 0.477 e. The van der Waals surface area contributed by atoms with E-state index in [0.29, 0.717) is 11.7 Å². The summed E-state index contributed by atoms with van der Waals surface area (Å²) in [5.41, 5.74) is 6.76. The average molecular weight is 221 g/mol. The topological polar surface area (TPSA) is 61.0 Å². The predicted octanol–water partition coefficient (Wildman–Crippen LogP) is 2.36. The van der Waals surface area contributed by atoms with Gasteiger partial charge in [0.15, 0.2) is 0 Å². The molecule has 1 aliphatic rings.